The van der Waals surface area contributed by atoms with E-state index in [1.165, 1.54) is 0 Å². The average molecular weight is 372 g/mol. The topological polar surface area (TPSA) is 52.9 Å². The molecule has 1 amide bonds. The van der Waals surface area contributed by atoms with Crippen LogP contribution in [0.4, 0.5) is 0 Å². The van der Waals surface area contributed by atoms with Crippen LogP contribution in [0.5, 0.6) is 0 Å². The monoisotopic (exact) mass is 372 g/mol. The van der Waals surface area contributed by atoms with E-state index in [-0.39, 0.29) is 11.8 Å². The molecule has 0 spiro atoms. The summed E-state index contributed by atoms with van der Waals surface area (Å²) in [7, 11) is 0. The molecule has 4 nitrogen and oxygen atoms in total. The lowest BCUT2D eigenvalue weighted by atomic mass is 9.93. The van der Waals surface area contributed by atoms with E-state index in [9.17, 15) is 4.79 Å². The zero-order valence-electron chi connectivity index (χ0n) is 10.8. The normalized spacial score (nSPS) is 21.7. The number of rotatable bonds is 2. The minimum atomic E-state index is 0.0619. The predicted molar refractivity (Wildman–Crippen MR) is 82.7 cm³/mol. The third-order valence-corrected chi connectivity index (χ3v) is 4.27. The number of hydrogen-bond donors (Lipinski definition) is 1. The molecule has 5 heteroatoms. The Bertz CT molecular complexity index is 485. The first-order valence-corrected chi connectivity index (χ1v) is 7.49. The number of halogens is 1. The van der Waals surface area contributed by atoms with Gasteiger partial charge in [0.25, 0.3) is 5.91 Å². The Morgan fingerprint density at radius 1 is 1.47 bits per heavy atom. The van der Waals surface area contributed by atoms with Crippen LogP contribution in [0.3, 0.4) is 0 Å². The first-order chi connectivity index (χ1) is 9.15. The first-order valence-electron chi connectivity index (χ1n) is 6.41. The summed E-state index contributed by atoms with van der Waals surface area (Å²) in [5.41, 5.74) is 1.54. The number of carbonyl (C=O) groups is 1. The highest BCUT2D eigenvalue weighted by Crippen LogP contribution is 2.19. The Morgan fingerprint density at radius 3 is 2.74 bits per heavy atom. The van der Waals surface area contributed by atoms with Crippen molar-refractivity contribution in [3.63, 3.8) is 0 Å². The highest BCUT2D eigenvalue weighted by atomic mass is 127. The SMILES string of the molecule is CCC1CN(C(=O)c2ccc(I)cc2)CC/C1=N\O. The summed E-state index contributed by atoms with van der Waals surface area (Å²) in [5, 5.41) is 12.3. The van der Waals surface area contributed by atoms with E-state index in [0.717, 1.165) is 21.3 Å². The maximum atomic E-state index is 12.4. The summed E-state index contributed by atoms with van der Waals surface area (Å²) in [6, 6.07) is 7.60. The number of carbonyl (C=O) groups excluding carboxylic acids is 1. The van der Waals surface area contributed by atoms with Crippen LogP contribution < -0.4 is 0 Å². The van der Waals surface area contributed by atoms with Gasteiger partial charge in [-0.2, -0.15) is 0 Å². The maximum absolute atomic E-state index is 12.4. The van der Waals surface area contributed by atoms with Crippen molar-refractivity contribution in [3.8, 4) is 0 Å². The summed E-state index contributed by atoms with van der Waals surface area (Å²) < 4.78 is 1.12. The van der Waals surface area contributed by atoms with Crippen LogP contribution in [-0.4, -0.2) is 34.8 Å². The van der Waals surface area contributed by atoms with Gasteiger partial charge in [-0.15, -0.1) is 0 Å². The molecule has 1 atom stereocenters. The fraction of sp³-hybridized carbons (Fsp3) is 0.429. The molecular formula is C14H17IN2O2. The van der Waals surface area contributed by atoms with E-state index >= 15 is 0 Å². The van der Waals surface area contributed by atoms with E-state index in [0.29, 0.717) is 19.5 Å². The number of hydrogen-bond acceptors (Lipinski definition) is 3. The summed E-state index contributed by atoms with van der Waals surface area (Å²) >= 11 is 2.22. The second-order valence-corrected chi connectivity index (χ2v) is 5.95. The Morgan fingerprint density at radius 2 is 2.16 bits per heavy atom. The van der Waals surface area contributed by atoms with Gasteiger partial charge < -0.3 is 10.1 Å². The minimum Gasteiger partial charge on any atom is -0.411 e. The van der Waals surface area contributed by atoms with E-state index in [1.807, 2.05) is 29.2 Å². The molecule has 0 saturated carbocycles. The summed E-state index contributed by atoms with van der Waals surface area (Å²) in [6.07, 6.45) is 1.54. The van der Waals surface area contributed by atoms with Crippen molar-refractivity contribution >= 4 is 34.2 Å². The molecule has 0 aromatic heterocycles. The van der Waals surface area contributed by atoms with Gasteiger partial charge in [-0.25, -0.2) is 0 Å². The molecule has 1 unspecified atom stereocenters. The Balaban J connectivity index is 2.10. The van der Waals surface area contributed by atoms with Gasteiger partial charge in [-0.05, 0) is 53.3 Å². The smallest absolute Gasteiger partial charge is 0.253 e. The van der Waals surface area contributed by atoms with E-state index in [1.54, 1.807) is 0 Å². The quantitative estimate of drug-likeness (QED) is 0.493. The number of oxime groups is 1. The molecule has 0 aliphatic carbocycles. The molecule has 2 rings (SSSR count). The van der Waals surface area contributed by atoms with Crippen LogP contribution in [-0.2, 0) is 0 Å². The van der Waals surface area contributed by atoms with E-state index in [2.05, 4.69) is 34.7 Å². The molecule has 19 heavy (non-hydrogen) atoms. The van der Waals surface area contributed by atoms with Crippen LogP contribution in [0.15, 0.2) is 29.4 Å². The standard InChI is InChI=1S/C14H17IN2O2/c1-2-10-9-17(8-7-13(10)16-19)14(18)11-3-5-12(15)6-4-11/h3-6,10,19H,2,7-9H2,1H3/b16-13+. The molecule has 1 fully saturated rings. The van der Waals surface area contributed by atoms with Gasteiger partial charge in [0.05, 0.1) is 5.71 Å². The predicted octanol–water partition coefficient (Wildman–Crippen LogP) is 2.99. The van der Waals surface area contributed by atoms with Gasteiger partial charge in [-0.1, -0.05) is 12.1 Å². The lowest BCUT2D eigenvalue weighted by Gasteiger charge is -2.32. The van der Waals surface area contributed by atoms with Crippen molar-refractivity contribution in [1.82, 2.24) is 4.90 Å². The van der Waals surface area contributed by atoms with Crippen molar-refractivity contribution in [1.29, 1.82) is 0 Å². The van der Waals surface area contributed by atoms with Crippen LogP contribution in [0, 0.1) is 9.49 Å². The second kappa shape index (κ2) is 6.36. The largest absolute Gasteiger partial charge is 0.411 e. The van der Waals surface area contributed by atoms with Gasteiger partial charge in [0.2, 0.25) is 0 Å². The summed E-state index contributed by atoms with van der Waals surface area (Å²) in [5.74, 6) is 0.235. The number of nitrogens with zero attached hydrogens (tertiary/aromatic N) is 2. The Labute approximate surface area is 126 Å². The lowest BCUT2D eigenvalue weighted by molar-refractivity contribution is 0.0729. The third-order valence-electron chi connectivity index (χ3n) is 3.55. The first kappa shape index (κ1) is 14.3. The highest BCUT2D eigenvalue weighted by molar-refractivity contribution is 14.1. The second-order valence-electron chi connectivity index (χ2n) is 4.70. The maximum Gasteiger partial charge on any atom is 0.253 e. The van der Waals surface area contributed by atoms with Gasteiger partial charge >= 0.3 is 0 Å². The van der Waals surface area contributed by atoms with Crippen molar-refractivity contribution < 1.29 is 10.0 Å². The lowest BCUT2D eigenvalue weighted by Crippen LogP contribution is -2.44. The highest BCUT2D eigenvalue weighted by Gasteiger charge is 2.28. The molecule has 1 aliphatic heterocycles. The fourth-order valence-corrected chi connectivity index (χ4v) is 2.73. The van der Waals surface area contributed by atoms with Crippen LogP contribution in [0.2, 0.25) is 0 Å². The number of amides is 1. The van der Waals surface area contributed by atoms with E-state index < -0.39 is 0 Å². The molecule has 1 N–H and O–H groups in total. The van der Waals surface area contributed by atoms with Gasteiger partial charge in [0.15, 0.2) is 0 Å². The summed E-state index contributed by atoms with van der Waals surface area (Å²) in [6.45, 7) is 3.32. The number of likely N-dealkylation sites (tertiary alicyclic amines) is 1. The Hall–Kier alpha value is -1.11. The zero-order chi connectivity index (χ0) is 13.8. The van der Waals surface area contributed by atoms with Crippen LogP contribution in [0.25, 0.3) is 0 Å². The van der Waals surface area contributed by atoms with Gasteiger partial charge in [0.1, 0.15) is 0 Å². The van der Waals surface area contributed by atoms with Crippen LogP contribution in [0.1, 0.15) is 30.1 Å². The average Bonchev–Trinajstić information content (AvgIpc) is 2.46. The van der Waals surface area contributed by atoms with Gasteiger partial charge in [0, 0.05) is 34.6 Å². The van der Waals surface area contributed by atoms with Crippen molar-refractivity contribution in [2.45, 2.75) is 19.8 Å². The molecule has 102 valence electrons. The van der Waals surface area contributed by atoms with Gasteiger partial charge in [-0.3, -0.25) is 4.79 Å². The molecule has 1 saturated heterocycles. The summed E-state index contributed by atoms with van der Waals surface area (Å²) in [4.78, 5) is 14.2. The molecule has 1 heterocycles. The molecule has 1 aromatic rings. The molecule has 1 aromatic carbocycles. The minimum absolute atomic E-state index is 0.0619. The number of benzene rings is 1. The van der Waals surface area contributed by atoms with Crippen molar-refractivity contribution in [3.05, 3.63) is 33.4 Å². The zero-order valence-corrected chi connectivity index (χ0v) is 13.0. The molecule has 0 bridgehead atoms. The Kier molecular flexibility index (Phi) is 4.79. The van der Waals surface area contributed by atoms with Crippen molar-refractivity contribution in [2.24, 2.45) is 11.1 Å². The fourth-order valence-electron chi connectivity index (χ4n) is 2.37. The van der Waals surface area contributed by atoms with Crippen LogP contribution >= 0.6 is 22.6 Å². The molecular weight excluding hydrogens is 355 g/mol. The third kappa shape index (κ3) is 3.26. The van der Waals surface area contributed by atoms with E-state index in [4.69, 9.17) is 5.21 Å². The number of piperidine rings is 1. The molecule has 0 radical (unpaired) electrons. The molecule has 1 aliphatic rings. The van der Waals surface area contributed by atoms with Crippen molar-refractivity contribution in [2.75, 3.05) is 13.1 Å².